The summed E-state index contributed by atoms with van der Waals surface area (Å²) in [5, 5.41) is 7.56. The number of hydrogen-bond acceptors (Lipinski definition) is 4. The summed E-state index contributed by atoms with van der Waals surface area (Å²) in [5.74, 6) is 0.786. The fourth-order valence-electron chi connectivity index (χ4n) is 3.38. The Kier molecular flexibility index (Phi) is 5.67. The molecule has 23 heavy (non-hydrogen) atoms. The van der Waals surface area contributed by atoms with Gasteiger partial charge in [-0.15, -0.1) is 0 Å². The van der Waals surface area contributed by atoms with Crippen LogP contribution in [-0.2, 0) is 28.9 Å². The van der Waals surface area contributed by atoms with E-state index in [1.54, 1.807) is 4.68 Å². The molecule has 0 bridgehead atoms. The van der Waals surface area contributed by atoms with Gasteiger partial charge in [-0.2, -0.15) is 5.10 Å². The Hall–Kier alpha value is -1.40. The number of rotatable bonds is 6. The van der Waals surface area contributed by atoms with Gasteiger partial charge in [-0.3, -0.25) is 14.4 Å². The molecule has 6 nitrogen and oxygen atoms in total. The van der Waals surface area contributed by atoms with E-state index >= 15 is 0 Å². The van der Waals surface area contributed by atoms with Crippen molar-refractivity contribution >= 4 is 5.91 Å². The molecule has 3 rings (SSSR count). The summed E-state index contributed by atoms with van der Waals surface area (Å²) in [5.41, 5.74) is 2.51. The van der Waals surface area contributed by atoms with E-state index in [4.69, 9.17) is 4.74 Å². The van der Waals surface area contributed by atoms with Crippen molar-refractivity contribution in [2.75, 3.05) is 39.4 Å². The average Bonchev–Trinajstić information content (AvgIpc) is 2.94. The van der Waals surface area contributed by atoms with Crippen LogP contribution in [0.4, 0.5) is 0 Å². The Bertz CT molecular complexity index is 523. The molecule has 0 unspecified atom stereocenters. The van der Waals surface area contributed by atoms with Gasteiger partial charge in [0, 0.05) is 25.8 Å². The molecule has 1 N–H and O–H groups in total. The van der Waals surface area contributed by atoms with Gasteiger partial charge < -0.3 is 10.1 Å². The number of nitrogens with zero attached hydrogens (tertiary/aromatic N) is 3. The zero-order chi connectivity index (χ0) is 16.1. The average molecular weight is 320 g/mol. The molecule has 0 saturated carbocycles. The molecule has 128 valence electrons. The van der Waals surface area contributed by atoms with E-state index in [2.05, 4.69) is 28.4 Å². The molecule has 0 spiro atoms. The number of hydrogen-bond donors (Lipinski definition) is 1. The van der Waals surface area contributed by atoms with E-state index in [1.807, 2.05) is 0 Å². The molecule has 0 aromatic carbocycles. The SMILES string of the molecule is C[C@H]1CCc2nn(CC(=O)NCCCN3CCOCC3)cc2C1. The molecule has 2 aliphatic rings. The molecule has 1 atom stereocenters. The monoisotopic (exact) mass is 320 g/mol. The van der Waals surface area contributed by atoms with Gasteiger partial charge in [0.15, 0.2) is 0 Å². The number of aromatic nitrogens is 2. The molecule has 1 aromatic heterocycles. The highest BCUT2D eigenvalue weighted by Gasteiger charge is 2.19. The van der Waals surface area contributed by atoms with Crippen molar-refractivity contribution in [1.29, 1.82) is 0 Å². The smallest absolute Gasteiger partial charge is 0.241 e. The van der Waals surface area contributed by atoms with Crippen molar-refractivity contribution in [3.05, 3.63) is 17.5 Å². The maximum atomic E-state index is 12.0. The number of fused-ring (bicyclic) bond motifs is 1. The summed E-state index contributed by atoms with van der Waals surface area (Å²) in [6.45, 7) is 8.03. The Morgan fingerprint density at radius 2 is 2.26 bits per heavy atom. The van der Waals surface area contributed by atoms with Crippen LogP contribution >= 0.6 is 0 Å². The van der Waals surface area contributed by atoms with Crippen LogP contribution in [0.1, 0.15) is 31.0 Å². The molecule has 6 heteroatoms. The third-order valence-corrected chi connectivity index (χ3v) is 4.75. The quantitative estimate of drug-likeness (QED) is 0.790. The molecule has 1 aliphatic heterocycles. The minimum Gasteiger partial charge on any atom is -0.379 e. The third kappa shape index (κ3) is 4.78. The number of carbonyl (C=O) groups is 1. The Morgan fingerprint density at radius 3 is 3.09 bits per heavy atom. The van der Waals surface area contributed by atoms with Crippen LogP contribution in [0.2, 0.25) is 0 Å². The number of aryl methyl sites for hydroxylation is 1. The maximum absolute atomic E-state index is 12.0. The van der Waals surface area contributed by atoms with Crippen LogP contribution < -0.4 is 5.32 Å². The Morgan fingerprint density at radius 1 is 1.43 bits per heavy atom. The number of amides is 1. The highest BCUT2D eigenvalue weighted by molar-refractivity contribution is 5.75. The van der Waals surface area contributed by atoms with Gasteiger partial charge in [0.1, 0.15) is 6.54 Å². The number of morpholine rings is 1. The third-order valence-electron chi connectivity index (χ3n) is 4.75. The largest absolute Gasteiger partial charge is 0.379 e. The second kappa shape index (κ2) is 7.93. The van der Waals surface area contributed by atoms with Gasteiger partial charge in [-0.05, 0) is 43.7 Å². The van der Waals surface area contributed by atoms with Crippen molar-refractivity contribution in [2.24, 2.45) is 5.92 Å². The first-order valence-corrected chi connectivity index (χ1v) is 8.82. The maximum Gasteiger partial charge on any atom is 0.241 e. The lowest BCUT2D eigenvalue weighted by atomic mass is 9.89. The Labute approximate surface area is 138 Å². The first-order valence-electron chi connectivity index (χ1n) is 8.82. The van der Waals surface area contributed by atoms with Crippen molar-refractivity contribution in [1.82, 2.24) is 20.0 Å². The first-order chi connectivity index (χ1) is 11.2. The van der Waals surface area contributed by atoms with Crippen LogP contribution in [-0.4, -0.2) is 60.0 Å². The summed E-state index contributed by atoms with van der Waals surface area (Å²) in [6.07, 6.45) is 6.39. The zero-order valence-electron chi connectivity index (χ0n) is 14.1. The highest BCUT2D eigenvalue weighted by atomic mass is 16.5. The summed E-state index contributed by atoms with van der Waals surface area (Å²) >= 11 is 0. The van der Waals surface area contributed by atoms with Crippen molar-refractivity contribution in [3.8, 4) is 0 Å². The van der Waals surface area contributed by atoms with E-state index in [9.17, 15) is 4.79 Å². The van der Waals surface area contributed by atoms with Gasteiger partial charge in [0.05, 0.1) is 18.9 Å². The minimum absolute atomic E-state index is 0.0554. The van der Waals surface area contributed by atoms with Crippen LogP contribution in [0, 0.1) is 5.92 Å². The predicted octanol–water partition coefficient (Wildman–Crippen LogP) is 0.846. The molecule has 0 radical (unpaired) electrons. The second-order valence-electron chi connectivity index (χ2n) is 6.80. The topological polar surface area (TPSA) is 59.4 Å². The summed E-state index contributed by atoms with van der Waals surface area (Å²) < 4.78 is 7.14. The van der Waals surface area contributed by atoms with E-state index < -0.39 is 0 Å². The molecule has 1 fully saturated rings. The van der Waals surface area contributed by atoms with Gasteiger partial charge >= 0.3 is 0 Å². The molecule has 1 aliphatic carbocycles. The molecule has 2 heterocycles. The molecule has 1 saturated heterocycles. The number of nitrogens with one attached hydrogen (secondary N) is 1. The predicted molar refractivity (Wildman–Crippen MR) is 88.3 cm³/mol. The zero-order valence-corrected chi connectivity index (χ0v) is 14.1. The van der Waals surface area contributed by atoms with Crippen molar-refractivity contribution in [2.45, 2.75) is 39.2 Å². The summed E-state index contributed by atoms with van der Waals surface area (Å²) in [6, 6.07) is 0. The lowest BCUT2D eigenvalue weighted by Crippen LogP contribution is -2.38. The van der Waals surface area contributed by atoms with Gasteiger partial charge in [0.25, 0.3) is 0 Å². The highest BCUT2D eigenvalue weighted by Crippen LogP contribution is 2.23. The fraction of sp³-hybridized carbons (Fsp3) is 0.765. The van der Waals surface area contributed by atoms with Crippen LogP contribution in [0.25, 0.3) is 0 Å². The van der Waals surface area contributed by atoms with Gasteiger partial charge in [-0.25, -0.2) is 0 Å². The minimum atomic E-state index is 0.0554. The number of carbonyl (C=O) groups excluding carboxylic acids is 1. The number of ether oxygens (including phenoxy) is 1. The van der Waals surface area contributed by atoms with Crippen LogP contribution in [0.5, 0.6) is 0 Å². The molecule has 1 aromatic rings. The fourth-order valence-corrected chi connectivity index (χ4v) is 3.38. The van der Waals surface area contributed by atoms with Gasteiger partial charge in [0.2, 0.25) is 5.91 Å². The normalized spacial score (nSPS) is 21.9. The molecule has 1 amide bonds. The van der Waals surface area contributed by atoms with Crippen LogP contribution in [0.3, 0.4) is 0 Å². The van der Waals surface area contributed by atoms with E-state index in [1.165, 1.54) is 17.7 Å². The van der Waals surface area contributed by atoms with Crippen molar-refractivity contribution in [3.63, 3.8) is 0 Å². The molecular formula is C17H28N4O2. The van der Waals surface area contributed by atoms with Gasteiger partial charge in [-0.1, -0.05) is 6.92 Å². The Balaban J connectivity index is 1.36. The lowest BCUT2D eigenvalue weighted by molar-refractivity contribution is -0.121. The standard InChI is InChI=1S/C17H28N4O2/c1-14-3-4-16-15(11-14)12-21(19-16)13-17(22)18-5-2-6-20-7-9-23-10-8-20/h12,14H,2-11,13H2,1H3,(H,18,22)/t14-/m0/s1. The van der Waals surface area contributed by atoms with E-state index in [0.29, 0.717) is 6.54 Å². The summed E-state index contributed by atoms with van der Waals surface area (Å²) in [7, 11) is 0. The van der Waals surface area contributed by atoms with E-state index in [-0.39, 0.29) is 5.91 Å². The first kappa shape index (κ1) is 16.5. The summed E-state index contributed by atoms with van der Waals surface area (Å²) in [4.78, 5) is 14.4. The lowest BCUT2D eigenvalue weighted by Gasteiger charge is -2.26. The van der Waals surface area contributed by atoms with Crippen LogP contribution in [0.15, 0.2) is 6.20 Å². The van der Waals surface area contributed by atoms with E-state index in [0.717, 1.165) is 64.6 Å². The van der Waals surface area contributed by atoms with Crippen molar-refractivity contribution < 1.29 is 9.53 Å². The molecular weight excluding hydrogens is 292 g/mol. The second-order valence-corrected chi connectivity index (χ2v) is 6.80.